The van der Waals surface area contributed by atoms with Crippen molar-refractivity contribution in [3.05, 3.63) is 101 Å². The Kier molecular flexibility index (Phi) is 3.98. The number of carbonyl (C=O) groups is 2. The zero-order valence-electron chi connectivity index (χ0n) is 14.3. The third-order valence-corrected chi connectivity index (χ3v) is 4.54. The molecule has 0 amide bonds. The second kappa shape index (κ2) is 6.45. The lowest BCUT2D eigenvalue weighted by molar-refractivity contribution is 0.104. The highest BCUT2D eigenvalue weighted by atomic mass is 16.1. The minimum absolute atomic E-state index is 0.0868. The highest BCUT2D eigenvalue weighted by Gasteiger charge is 2.20. The van der Waals surface area contributed by atoms with Gasteiger partial charge in [-0.3, -0.25) is 9.59 Å². The van der Waals surface area contributed by atoms with Gasteiger partial charge in [-0.05, 0) is 36.8 Å². The minimum atomic E-state index is -0.0868. The molecular weight excluding hydrogens is 322 g/mol. The van der Waals surface area contributed by atoms with Crippen LogP contribution in [0.15, 0.2) is 79.0 Å². The largest absolute Gasteiger partial charge is 0.315 e. The standard InChI is InChI=1S/C23H17NO2/c1-16-7-5-10-18(13-16)21-14-20(23(26)17-8-3-2-4-9-17)22-19(15-25)11-6-12-24(21)22/h2-15H,1H3. The maximum absolute atomic E-state index is 13.1. The number of pyridine rings is 1. The summed E-state index contributed by atoms with van der Waals surface area (Å²) in [5.74, 6) is -0.0868. The molecule has 0 fully saturated rings. The second-order valence-corrected chi connectivity index (χ2v) is 6.31. The molecule has 0 saturated carbocycles. The fraction of sp³-hybridized carbons (Fsp3) is 0.0435. The fourth-order valence-corrected chi connectivity index (χ4v) is 3.33. The van der Waals surface area contributed by atoms with Crippen LogP contribution < -0.4 is 0 Å². The van der Waals surface area contributed by atoms with Crippen molar-refractivity contribution in [3.63, 3.8) is 0 Å². The molecule has 2 heterocycles. The van der Waals surface area contributed by atoms with Crippen molar-refractivity contribution in [2.24, 2.45) is 0 Å². The number of ketones is 1. The lowest BCUT2D eigenvalue weighted by atomic mass is 10.0. The number of carbonyl (C=O) groups excluding carboxylic acids is 2. The van der Waals surface area contributed by atoms with Crippen LogP contribution in [0.2, 0.25) is 0 Å². The van der Waals surface area contributed by atoms with Gasteiger partial charge < -0.3 is 4.40 Å². The maximum Gasteiger partial charge on any atom is 0.195 e. The molecule has 0 aliphatic rings. The first-order valence-corrected chi connectivity index (χ1v) is 8.45. The predicted molar refractivity (Wildman–Crippen MR) is 103 cm³/mol. The van der Waals surface area contributed by atoms with Gasteiger partial charge in [0.15, 0.2) is 12.1 Å². The van der Waals surface area contributed by atoms with Crippen LogP contribution in [0.3, 0.4) is 0 Å². The number of fused-ring (bicyclic) bond motifs is 1. The number of aromatic nitrogens is 1. The zero-order valence-corrected chi connectivity index (χ0v) is 14.3. The van der Waals surface area contributed by atoms with Crippen molar-refractivity contribution < 1.29 is 9.59 Å². The lowest BCUT2D eigenvalue weighted by Gasteiger charge is -2.05. The van der Waals surface area contributed by atoms with Gasteiger partial charge in [0.05, 0.1) is 11.2 Å². The predicted octanol–water partition coefficient (Wildman–Crippen LogP) is 4.96. The first kappa shape index (κ1) is 16.0. The number of benzene rings is 2. The van der Waals surface area contributed by atoms with Crippen molar-refractivity contribution in [1.82, 2.24) is 4.40 Å². The van der Waals surface area contributed by atoms with Gasteiger partial charge in [-0.2, -0.15) is 0 Å². The van der Waals surface area contributed by atoms with Crippen LogP contribution in [0.1, 0.15) is 31.8 Å². The van der Waals surface area contributed by atoms with Crippen LogP contribution in [0.25, 0.3) is 16.8 Å². The molecule has 0 spiro atoms. The molecule has 0 saturated heterocycles. The Hall–Kier alpha value is -3.46. The summed E-state index contributed by atoms with van der Waals surface area (Å²) >= 11 is 0. The molecule has 126 valence electrons. The summed E-state index contributed by atoms with van der Waals surface area (Å²) in [6.45, 7) is 2.03. The van der Waals surface area contributed by atoms with Crippen molar-refractivity contribution in [2.75, 3.05) is 0 Å². The first-order chi connectivity index (χ1) is 12.7. The quantitative estimate of drug-likeness (QED) is 0.389. The average molecular weight is 339 g/mol. The van der Waals surface area contributed by atoms with Gasteiger partial charge >= 0.3 is 0 Å². The monoisotopic (exact) mass is 339 g/mol. The molecule has 4 aromatic rings. The van der Waals surface area contributed by atoms with E-state index >= 15 is 0 Å². The SMILES string of the molecule is Cc1cccc(-c2cc(C(=O)c3ccccc3)c3c(C=O)cccn23)c1. The average Bonchev–Trinajstić information content (AvgIpc) is 3.08. The van der Waals surface area contributed by atoms with E-state index in [1.54, 1.807) is 18.2 Å². The number of rotatable bonds is 4. The molecule has 0 aliphatic carbocycles. The van der Waals surface area contributed by atoms with E-state index in [2.05, 4.69) is 6.07 Å². The summed E-state index contributed by atoms with van der Waals surface area (Å²) in [6.07, 6.45) is 2.69. The molecule has 2 aromatic heterocycles. The fourth-order valence-electron chi connectivity index (χ4n) is 3.33. The molecule has 4 rings (SSSR count). The summed E-state index contributed by atoms with van der Waals surface area (Å²) in [6, 6.07) is 22.7. The summed E-state index contributed by atoms with van der Waals surface area (Å²) < 4.78 is 1.93. The van der Waals surface area contributed by atoms with E-state index in [4.69, 9.17) is 0 Å². The molecule has 3 heteroatoms. The van der Waals surface area contributed by atoms with Gasteiger partial charge in [-0.25, -0.2) is 0 Å². The Morgan fingerprint density at radius 2 is 1.73 bits per heavy atom. The van der Waals surface area contributed by atoms with E-state index in [9.17, 15) is 9.59 Å². The van der Waals surface area contributed by atoms with Gasteiger partial charge in [0.25, 0.3) is 0 Å². The van der Waals surface area contributed by atoms with Crippen LogP contribution in [-0.2, 0) is 0 Å². The number of hydrogen-bond donors (Lipinski definition) is 0. The molecule has 0 radical (unpaired) electrons. The van der Waals surface area contributed by atoms with Crippen LogP contribution in [0.4, 0.5) is 0 Å². The van der Waals surface area contributed by atoms with Gasteiger partial charge in [0.1, 0.15) is 0 Å². The van der Waals surface area contributed by atoms with E-state index < -0.39 is 0 Å². The Bertz CT molecular complexity index is 1120. The molecule has 26 heavy (non-hydrogen) atoms. The van der Waals surface area contributed by atoms with Crippen LogP contribution in [0.5, 0.6) is 0 Å². The van der Waals surface area contributed by atoms with E-state index in [-0.39, 0.29) is 5.78 Å². The molecule has 0 N–H and O–H groups in total. The Morgan fingerprint density at radius 3 is 2.46 bits per heavy atom. The molecule has 0 unspecified atom stereocenters. The Morgan fingerprint density at radius 1 is 0.923 bits per heavy atom. The van der Waals surface area contributed by atoms with Gasteiger partial charge in [-0.15, -0.1) is 0 Å². The van der Waals surface area contributed by atoms with Crippen molar-refractivity contribution >= 4 is 17.6 Å². The van der Waals surface area contributed by atoms with Crippen LogP contribution in [0, 0.1) is 6.92 Å². The number of hydrogen-bond acceptors (Lipinski definition) is 2. The molecule has 0 aliphatic heterocycles. The Balaban J connectivity index is 2.01. The third-order valence-electron chi connectivity index (χ3n) is 4.54. The summed E-state index contributed by atoms with van der Waals surface area (Å²) in [5.41, 5.74) is 5.34. The highest BCUT2D eigenvalue weighted by molar-refractivity contribution is 6.16. The van der Waals surface area contributed by atoms with E-state index in [0.29, 0.717) is 22.2 Å². The van der Waals surface area contributed by atoms with Crippen molar-refractivity contribution in [2.45, 2.75) is 6.92 Å². The molecule has 0 bridgehead atoms. The van der Waals surface area contributed by atoms with E-state index in [1.807, 2.05) is 66.1 Å². The smallest absolute Gasteiger partial charge is 0.195 e. The normalized spacial score (nSPS) is 10.8. The Labute approximate surface area is 151 Å². The maximum atomic E-state index is 13.1. The van der Waals surface area contributed by atoms with Crippen molar-refractivity contribution in [1.29, 1.82) is 0 Å². The first-order valence-electron chi connectivity index (χ1n) is 8.45. The lowest BCUT2D eigenvalue weighted by Crippen LogP contribution is -2.02. The van der Waals surface area contributed by atoms with Gasteiger partial charge in [0.2, 0.25) is 0 Å². The highest BCUT2D eigenvalue weighted by Crippen LogP contribution is 2.30. The number of aldehydes is 1. The summed E-state index contributed by atoms with van der Waals surface area (Å²) in [4.78, 5) is 24.7. The molecule has 0 atom stereocenters. The zero-order chi connectivity index (χ0) is 18.1. The summed E-state index contributed by atoms with van der Waals surface area (Å²) in [7, 11) is 0. The topological polar surface area (TPSA) is 38.5 Å². The van der Waals surface area contributed by atoms with Gasteiger partial charge in [-0.1, -0.05) is 54.1 Å². The number of nitrogens with zero attached hydrogens (tertiary/aromatic N) is 1. The molecular formula is C23H17NO2. The summed E-state index contributed by atoms with van der Waals surface area (Å²) in [5, 5.41) is 0. The third kappa shape index (κ3) is 2.64. The minimum Gasteiger partial charge on any atom is -0.315 e. The van der Waals surface area contributed by atoms with Crippen LogP contribution in [-0.4, -0.2) is 16.5 Å². The van der Waals surface area contributed by atoms with Gasteiger partial charge in [0, 0.05) is 22.9 Å². The molecule has 3 nitrogen and oxygen atoms in total. The number of aryl methyl sites for hydroxylation is 1. The second-order valence-electron chi connectivity index (χ2n) is 6.31. The van der Waals surface area contributed by atoms with E-state index in [1.165, 1.54) is 0 Å². The van der Waals surface area contributed by atoms with E-state index in [0.717, 1.165) is 23.1 Å². The van der Waals surface area contributed by atoms with Crippen LogP contribution >= 0.6 is 0 Å². The molecule has 2 aromatic carbocycles. The van der Waals surface area contributed by atoms with Crippen molar-refractivity contribution in [3.8, 4) is 11.3 Å².